The highest BCUT2D eigenvalue weighted by molar-refractivity contribution is 7.99. The number of hydrazine groups is 1. The summed E-state index contributed by atoms with van der Waals surface area (Å²) >= 11 is 1.56. The summed E-state index contributed by atoms with van der Waals surface area (Å²) in [6.07, 6.45) is 4.99. The van der Waals surface area contributed by atoms with Gasteiger partial charge in [0.2, 0.25) is 0 Å². The molecule has 82 valence electrons. The summed E-state index contributed by atoms with van der Waals surface area (Å²) < 4.78 is 0. The third kappa shape index (κ3) is 2.29. The van der Waals surface area contributed by atoms with Crippen LogP contribution in [-0.4, -0.2) is 15.0 Å². The van der Waals surface area contributed by atoms with Gasteiger partial charge in [0.25, 0.3) is 0 Å². The van der Waals surface area contributed by atoms with E-state index < -0.39 is 0 Å². The van der Waals surface area contributed by atoms with Gasteiger partial charge in [-0.3, -0.25) is 4.98 Å². The number of aromatic nitrogens is 3. The smallest absolute Gasteiger partial charge is 0.147 e. The first kappa shape index (κ1) is 10.8. The zero-order valence-corrected chi connectivity index (χ0v) is 9.53. The van der Waals surface area contributed by atoms with E-state index in [4.69, 9.17) is 5.84 Å². The van der Waals surface area contributed by atoms with Crippen LogP contribution in [-0.2, 0) is 0 Å². The first-order valence-corrected chi connectivity index (χ1v) is 5.49. The molecule has 0 radical (unpaired) electrons. The fourth-order valence-corrected chi connectivity index (χ4v) is 2.03. The summed E-state index contributed by atoms with van der Waals surface area (Å²) in [5.41, 5.74) is 3.48. The number of nitrogens with one attached hydrogen (secondary N) is 1. The molecule has 0 saturated heterocycles. The van der Waals surface area contributed by atoms with Gasteiger partial charge in [0.05, 0.1) is 0 Å². The lowest BCUT2D eigenvalue weighted by atomic mass is 10.3. The lowest BCUT2D eigenvalue weighted by molar-refractivity contribution is 0.996. The van der Waals surface area contributed by atoms with Gasteiger partial charge in [-0.1, -0.05) is 11.8 Å². The second kappa shape index (κ2) is 4.91. The van der Waals surface area contributed by atoms with Crippen LogP contribution in [0.15, 0.2) is 40.8 Å². The van der Waals surface area contributed by atoms with Crippen molar-refractivity contribution in [3.05, 3.63) is 36.4 Å². The van der Waals surface area contributed by atoms with Crippen molar-refractivity contribution < 1.29 is 0 Å². The average molecular weight is 233 g/mol. The second-order valence-corrected chi connectivity index (χ2v) is 4.14. The Hall–Kier alpha value is -1.66. The zero-order chi connectivity index (χ0) is 11.4. The molecular weight excluding hydrogens is 222 g/mol. The number of rotatable bonds is 3. The Morgan fingerprint density at radius 1 is 1.25 bits per heavy atom. The number of anilines is 1. The lowest BCUT2D eigenvalue weighted by Crippen LogP contribution is -2.10. The van der Waals surface area contributed by atoms with E-state index in [2.05, 4.69) is 20.4 Å². The molecule has 0 saturated carbocycles. The molecule has 0 bridgehead atoms. The van der Waals surface area contributed by atoms with E-state index in [1.54, 1.807) is 24.2 Å². The zero-order valence-electron chi connectivity index (χ0n) is 8.71. The molecule has 2 aromatic heterocycles. The summed E-state index contributed by atoms with van der Waals surface area (Å²) in [4.78, 5) is 13.3. The van der Waals surface area contributed by atoms with Crippen molar-refractivity contribution in [2.24, 2.45) is 5.84 Å². The number of nitrogen functional groups attached to an aromatic ring is 1. The molecule has 5 nitrogen and oxygen atoms in total. The van der Waals surface area contributed by atoms with Gasteiger partial charge in [-0.2, -0.15) is 0 Å². The van der Waals surface area contributed by atoms with Gasteiger partial charge in [-0.15, -0.1) is 0 Å². The standard InChI is InChI=1S/C10H11N5S/c1-7-9(15-11)13-6-14-10(7)16-8-2-4-12-5-3-8/h2-6H,11H2,1H3,(H,13,14,15). The molecule has 2 rings (SSSR count). The highest BCUT2D eigenvalue weighted by atomic mass is 32.2. The molecule has 0 amide bonds. The molecule has 0 aliphatic carbocycles. The van der Waals surface area contributed by atoms with Crippen molar-refractivity contribution in [3.63, 3.8) is 0 Å². The first-order chi connectivity index (χ1) is 7.81. The van der Waals surface area contributed by atoms with Crippen LogP contribution in [0.5, 0.6) is 0 Å². The van der Waals surface area contributed by atoms with E-state index in [0.717, 1.165) is 15.5 Å². The topological polar surface area (TPSA) is 76.7 Å². The largest absolute Gasteiger partial charge is 0.308 e. The third-order valence-electron chi connectivity index (χ3n) is 2.04. The minimum absolute atomic E-state index is 0.645. The minimum Gasteiger partial charge on any atom is -0.308 e. The molecule has 0 aliphatic rings. The molecule has 2 aromatic rings. The van der Waals surface area contributed by atoms with Gasteiger partial charge in [0, 0.05) is 22.9 Å². The Morgan fingerprint density at radius 2 is 2.00 bits per heavy atom. The molecule has 0 spiro atoms. The first-order valence-electron chi connectivity index (χ1n) is 4.67. The maximum Gasteiger partial charge on any atom is 0.147 e. The highest BCUT2D eigenvalue weighted by Gasteiger charge is 2.07. The van der Waals surface area contributed by atoms with E-state index >= 15 is 0 Å². The maximum absolute atomic E-state index is 5.35. The Bertz CT molecular complexity index is 474. The lowest BCUT2D eigenvalue weighted by Gasteiger charge is -2.07. The van der Waals surface area contributed by atoms with Crippen LogP contribution in [0.4, 0.5) is 5.82 Å². The minimum atomic E-state index is 0.645. The summed E-state index contributed by atoms with van der Waals surface area (Å²) in [5.74, 6) is 6.00. The molecule has 6 heteroatoms. The molecule has 0 aliphatic heterocycles. The molecule has 0 fully saturated rings. The summed E-state index contributed by atoms with van der Waals surface area (Å²) in [6.45, 7) is 1.93. The Kier molecular flexibility index (Phi) is 3.33. The van der Waals surface area contributed by atoms with Gasteiger partial charge >= 0.3 is 0 Å². The van der Waals surface area contributed by atoms with E-state index in [1.807, 2.05) is 19.1 Å². The predicted octanol–water partition coefficient (Wildman–Crippen LogP) is 1.62. The van der Waals surface area contributed by atoms with Crippen LogP contribution in [0, 0.1) is 6.92 Å². The molecule has 3 N–H and O–H groups in total. The van der Waals surface area contributed by atoms with Gasteiger partial charge in [0.1, 0.15) is 17.2 Å². The highest BCUT2D eigenvalue weighted by Crippen LogP contribution is 2.29. The predicted molar refractivity (Wildman–Crippen MR) is 62.9 cm³/mol. The van der Waals surface area contributed by atoms with Gasteiger partial charge in [-0.25, -0.2) is 15.8 Å². The summed E-state index contributed by atoms with van der Waals surface area (Å²) in [6, 6.07) is 3.86. The number of hydrogen-bond acceptors (Lipinski definition) is 6. The van der Waals surface area contributed by atoms with Crippen LogP contribution >= 0.6 is 11.8 Å². The number of hydrogen-bond donors (Lipinski definition) is 2. The van der Waals surface area contributed by atoms with Crippen LogP contribution in [0.25, 0.3) is 0 Å². The normalized spacial score (nSPS) is 10.1. The fraction of sp³-hybridized carbons (Fsp3) is 0.100. The molecule has 0 aromatic carbocycles. The fourth-order valence-electron chi connectivity index (χ4n) is 1.20. The van der Waals surface area contributed by atoms with Crippen molar-refractivity contribution in [1.82, 2.24) is 15.0 Å². The van der Waals surface area contributed by atoms with Crippen LogP contribution < -0.4 is 11.3 Å². The van der Waals surface area contributed by atoms with E-state index in [1.165, 1.54) is 6.33 Å². The van der Waals surface area contributed by atoms with Crippen molar-refractivity contribution in [3.8, 4) is 0 Å². The monoisotopic (exact) mass is 233 g/mol. The summed E-state index contributed by atoms with van der Waals surface area (Å²) in [7, 11) is 0. The third-order valence-corrected chi connectivity index (χ3v) is 3.15. The van der Waals surface area contributed by atoms with Gasteiger partial charge in [0.15, 0.2) is 0 Å². The SMILES string of the molecule is Cc1c(NN)ncnc1Sc1ccncc1. The van der Waals surface area contributed by atoms with Crippen molar-refractivity contribution in [2.45, 2.75) is 16.8 Å². The summed E-state index contributed by atoms with van der Waals surface area (Å²) in [5, 5.41) is 0.883. The van der Waals surface area contributed by atoms with Crippen molar-refractivity contribution in [2.75, 3.05) is 5.43 Å². The molecule has 16 heavy (non-hydrogen) atoms. The van der Waals surface area contributed by atoms with Crippen molar-refractivity contribution in [1.29, 1.82) is 0 Å². The van der Waals surface area contributed by atoms with Crippen molar-refractivity contribution >= 4 is 17.6 Å². The number of pyridine rings is 1. The molecule has 0 atom stereocenters. The second-order valence-electron chi connectivity index (χ2n) is 3.08. The molecule has 0 unspecified atom stereocenters. The van der Waals surface area contributed by atoms with Crippen LogP contribution in [0.2, 0.25) is 0 Å². The maximum atomic E-state index is 5.35. The Labute approximate surface area is 97.5 Å². The van der Waals surface area contributed by atoms with Gasteiger partial charge in [-0.05, 0) is 19.1 Å². The van der Waals surface area contributed by atoms with E-state index in [0.29, 0.717) is 5.82 Å². The van der Waals surface area contributed by atoms with Crippen LogP contribution in [0.3, 0.4) is 0 Å². The molecule has 2 heterocycles. The average Bonchev–Trinajstić information content (AvgIpc) is 2.33. The quantitative estimate of drug-likeness (QED) is 0.476. The van der Waals surface area contributed by atoms with E-state index in [-0.39, 0.29) is 0 Å². The number of nitrogens with zero attached hydrogens (tertiary/aromatic N) is 3. The molecular formula is C10H11N5S. The van der Waals surface area contributed by atoms with Crippen LogP contribution in [0.1, 0.15) is 5.56 Å². The van der Waals surface area contributed by atoms with E-state index in [9.17, 15) is 0 Å². The Morgan fingerprint density at radius 3 is 2.69 bits per heavy atom. The number of nitrogens with two attached hydrogens (primary N) is 1. The Balaban J connectivity index is 2.28. The van der Waals surface area contributed by atoms with Gasteiger partial charge < -0.3 is 5.43 Å².